The van der Waals surface area contributed by atoms with E-state index in [4.69, 9.17) is 27.9 Å². The van der Waals surface area contributed by atoms with Crippen molar-refractivity contribution >= 4 is 35.0 Å². The van der Waals surface area contributed by atoms with Crippen LogP contribution in [0.4, 0.5) is 14.9 Å². The monoisotopic (exact) mass is 442 g/mol. The normalized spacial score (nSPS) is 14.8. The number of ether oxygens (including phenoxy) is 1. The van der Waals surface area contributed by atoms with Crippen LogP contribution < -0.4 is 10.5 Å². The lowest BCUT2D eigenvalue weighted by Gasteiger charge is -2.36. The number of carbonyl (C=O) groups excluding carboxylic acids is 1. The number of halogens is 3. The molecular formula is C19H21Cl2FN4O3. The minimum atomic E-state index is -0.589. The quantitative estimate of drug-likeness (QED) is 0.708. The summed E-state index contributed by atoms with van der Waals surface area (Å²) in [6, 6.07) is 3.86. The van der Waals surface area contributed by atoms with Gasteiger partial charge in [-0.1, -0.05) is 23.2 Å². The summed E-state index contributed by atoms with van der Waals surface area (Å²) in [7, 11) is 0. The molecule has 3 rings (SSSR count). The van der Waals surface area contributed by atoms with Crippen LogP contribution in [-0.2, 0) is 4.74 Å². The number of carbonyl (C=O) groups is 1. The SMILES string of the molecule is CC(C)(C)OC(=O)N1CCN(c2cnn(-c3ccc(F)c(Cl)c3)c(=O)c2Cl)CC1. The van der Waals surface area contributed by atoms with E-state index in [1.165, 1.54) is 18.3 Å². The van der Waals surface area contributed by atoms with E-state index >= 15 is 0 Å². The molecule has 0 radical (unpaired) electrons. The molecule has 1 aromatic carbocycles. The highest BCUT2D eigenvalue weighted by atomic mass is 35.5. The molecule has 2 heterocycles. The Kier molecular flexibility index (Phi) is 6.05. The average molecular weight is 443 g/mol. The molecule has 1 aromatic heterocycles. The molecule has 0 aliphatic carbocycles. The molecule has 156 valence electrons. The van der Waals surface area contributed by atoms with Crippen LogP contribution in [0.15, 0.2) is 29.2 Å². The number of nitrogens with zero attached hydrogens (tertiary/aromatic N) is 4. The van der Waals surface area contributed by atoms with Crippen molar-refractivity contribution in [2.24, 2.45) is 0 Å². The number of benzene rings is 1. The summed E-state index contributed by atoms with van der Waals surface area (Å²) >= 11 is 12.1. The van der Waals surface area contributed by atoms with Crippen LogP contribution in [0.1, 0.15) is 20.8 Å². The first-order chi connectivity index (χ1) is 13.6. The van der Waals surface area contributed by atoms with Gasteiger partial charge in [-0.25, -0.2) is 9.18 Å². The summed E-state index contributed by atoms with van der Waals surface area (Å²) in [4.78, 5) is 28.4. The van der Waals surface area contributed by atoms with Crippen molar-refractivity contribution in [1.82, 2.24) is 14.7 Å². The molecule has 0 unspecified atom stereocenters. The maximum Gasteiger partial charge on any atom is 0.410 e. The Labute approximate surface area is 177 Å². The number of hydrogen-bond acceptors (Lipinski definition) is 5. The molecule has 0 saturated carbocycles. The summed E-state index contributed by atoms with van der Waals surface area (Å²) in [5.41, 5.74) is -0.314. The van der Waals surface area contributed by atoms with Gasteiger partial charge in [0, 0.05) is 26.2 Å². The Morgan fingerprint density at radius 1 is 1.17 bits per heavy atom. The Morgan fingerprint density at radius 2 is 1.83 bits per heavy atom. The second-order valence-electron chi connectivity index (χ2n) is 7.61. The van der Waals surface area contributed by atoms with Crippen molar-refractivity contribution in [3.8, 4) is 5.69 Å². The Balaban J connectivity index is 1.76. The lowest BCUT2D eigenvalue weighted by atomic mass is 10.2. The van der Waals surface area contributed by atoms with Gasteiger partial charge in [0.05, 0.1) is 22.6 Å². The van der Waals surface area contributed by atoms with Crippen LogP contribution in [-0.4, -0.2) is 52.6 Å². The fourth-order valence-corrected chi connectivity index (χ4v) is 3.32. The molecular weight excluding hydrogens is 422 g/mol. The molecule has 1 aliphatic heterocycles. The maximum absolute atomic E-state index is 13.4. The zero-order chi connectivity index (χ0) is 21.3. The first kappa shape index (κ1) is 21.4. The van der Waals surface area contributed by atoms with Crippen LogP contribution in [0.3, 0.4) is 0 Å². The number of piperazine rings is 1. The Hall–Kier alpha value is -2.32. The first-order valence-corrected chi connectivity index (χ1v) is 9.78. The number of amides is 1. The minimum Gasteiger partial charge on any atom is -0.444 e. The van der Waals surface area contributed by atoms with Crippen LogP contribution in [0, 0.1) is 5.82 Å². The number of aromatic nitrogens is 2. The van der Waals surface area contributed by atoms with Gasteiger partial charge in [-0.2, -0.15) is 9.78 Å². The topological polar surface area (TPSA) is 67.7 Å². The zero-order valence-corrected chi connectivity index (χ0v) is 17.8. The largest absolute Gasteiger partial charge is 0.444 e. The number of anilines is 1. The molecule has 1 saturated heterocycles. The van der Waals surface area contributed by atoms with Gasteiger partial charge in [0.25, 0.3) is 5.56 Å². The van der Waals surface area contributed by atoms with E-state index < -0.39 is 17.0 Å². The van der Waals surface area contributed by atoms with Crippen LogP contribution in [0.2, 0.25) is 10.0 Å². The fraction of sp³-hybridized carbons (Fsp3) is 0.421. The van der Waals surface area contributed by atoms with Gasteiger partial charge in [0.2, 0.25) is 0 Å². The van der Waals surface area contributed by atoms with Crippen molar-refractivity contribution < 1.29 is 13.9 Å². The zero-order valence-electron chi connectivity index (χ0n) is 16.3. The second kappa shape index (κ2) is 8.20. The predicted molar refractivity (Wildman–Crippen MR) is 110 cm³/mol. The summed E-state index contributed by atoms with van der Waals surface area (Å²) in [5, 5.41) is 4.03. The van der Waals surface area contributed by atoms with Crippen molar-refractivity contribution in [2.45, 2.75) is 26.4 Å². The highest BCUT2D eigenvalue weighted by Gasteiger charge is 2.27. The lowest BCUT2D eigenvalue weighted by Crippen LogP contribution is -2.50. The van der Waals surface area contributed by atoms with Gasteiger partial charge in [0.15, 0.2) is 0 Å². The van der Waals surface area contributed by atoms with E-state index in [9.17, 15) is 14.0 Å². The van der Waals surface area contributed by atoms with Crippen LogP contribution in [0.5, 0.6) is 0 Å². The molecule has 1 fully saturated rings. The van der Waals surface area contributed by atoms with Gasteiger partial charge in [0.1, 0.15) is 16.4 Å². The fourth-order valence-electron chi connectivity index (χ4n) is 2.90. The number of hydrogen-bond donors (Lipinski definition) is 0. The second-order valence-corrected chi connectivity index (χ2v) is 8.40. The van der Waals surface area contributed by atoms with E-state index in [1.807, 2.05) is 25.7 Å². The molecule has 7 nitrogen and oxygen atoms in total. The minimum absolute atomic E-state index is 0.00818. The summed E-state index contributed by atoms with van der Waals surface area (Å²) in [6.45, 7) is 7.27. The average Bonchev–Trinajstić information content (AvgIpc) is 2.65. The molecule has 10 heteroatoms. The molecule has 0 bridgehead atoms. The highest BCUT2D eigenvalue weighted by Crippen LogP contribution is 2.24. The summed E-state index contributed by atoms with van der Waals surface area (Å²) in [5.74, 6) is -0.589. The molecule has 2 aromatic rings. The van der Waals surface area contributed by atoms with E-state index in [0.29, 0.717) is 37.6 Å². The van der Waals surface area contributed by atoms with Gasteiger partial charge in [-0.3, -0.25) is 4.79 Å². The van der Waals surface area contributed by atoms with Gasteiger partial charge in [-0.15, -0.1) is 0 Å². The third-order valence-electron chi connectivity index (χ3n) is 4.32. The van der Waals surface area contributed by atoms with Gasteiger partial charge < -0.3 is 14.5 Å². The first-order valence-electron chi connectivity index (χ1n) is 9.03. The third-order valence-corrected chi connectivity index (χ3v) is 4.97. The van der Waals surface area contributed by atoms with E-state index in [0.717, 1.165) is 10.7 Å². The summed E-state index contributed by atoms with van der Waals surface area (Å²) < 4.78 is 19.8. The highest BCUT2D eigenvalue weighted by molar-refractivity contribution is 6.33. The van der Waals surface area contributed by atoms with Crippen molar-refractivity contribution in [3.05, 3.63) is 50.6 Å². The van der Waals surface area contributed by atoms with Crippen LogP contribution >= 0.6 is 23.2 Å². The van der Waals surface area contributed by atoms with Crippen molar-refractivity contribution in [2.75, 3.05) is 31.1 Å². The Morgan fingerprint density at radius 3 is 2.41 bits per heavy atom. The van der Waals surface area contributed by atoms with E-state index in [2.05, 4.69) is 5.10 Å². The summed E-state index contributed by atoms with van der Waals surface area (Å²) in [6.07, 6.45) is 1.11. The van der Waals surface area contributed by atoms with Crippen LogP contribution in [0.25, 0.3) is 5.69 Å². The van der Waals surface area contributed by atoms with E-state index in [-0.39, 0.29) is 16.1 Å². The smallest absolute Gasteiger partial charge is 0.410 e. The molecule has 29 heavy (non-hydrogen) atoms. The number of rotatable bonds is 2. The van der Waals surface area contributed by atoms with Crippen molar-refractivity contribution in [1.29, 1.82) is 0 Å². The standard InChI is InChI=1S/C19H21Cl2FN4O3/c1-19(2,3)29-18(28)25-8-6-24(7-9-25)15-11-23-26(17(27)16(15)21)12-4-5-14(22)13(20)10-12/h4-5,10-11H,6-9H2,1-3H3. The van der Waals surface area contributed by atoms with E-state index in [1.54, 1.807) is 4.90 Å². The Bertz CT molecular complexity index is 982. The molecule has 1 aliphatic rings. The third kappa shape index (κ3) is 4.82. The molecule has 0 spiro atoms. The molecule has 0 N–H and O–H groups in total. The van der Waals surface area contributed by atoms with Gasteiger partial charge in [-0.05, 0) is 39.0 Å². The van der Waals surface area contributed by atoms with Crippen molar-refractivity contribution in [3.63, 3.8) is 0 Å². The lowest BCUT2D eigenvalue weighted by molar-refractivity contribution is 0.0240. The molecule has 1 amide bonds. The predicted octanol–water partition coefficient (Wildman–Crippen LogP) is 3.74. The maximum atomic E-state index is 13.4. The molecule has 0 atom stereocenters. The van der Waals surface area contributed by atoms with Gasteiger partial charge >= 0.3 is 6.09 Å².